The van der Waals surface area contributed by atoms with Crippen molar-refractivity contribution in [1.82, 2.24) is 10.2 Å². The maximum Gasteiger partial charge on any atom is 0.243 e. The lowest BCUT2D eigenvalue weighted by atomic mass is 10.1. The number of carbonyl (C=O) groups excluding carboxylic acids is 2. The van der Waals surface area contributed by atoms with E-state index >= 15 is 0 Å². The number of rotatable bonds is 10. The number of thioether (sulfide) groups is 1. The Morgan fingerprint density at radius 2 is 1.70 bits per heavy atom. The average Bonchev–Trinajstić information content (AvgIpc) is 3.27. The first kappa shape index (κ1) is 25.3. The van der Waals surface area contributed by atoms with E-state index in [4.69, 9.17) is 0 Å². The molecule has 2 aromatic rings. The van der Waals surface area contributed by atoms with Crippen LogP contribution in [0.4, 0.5) is 4.39 Å². The molecule has 0 heterocycles. The lowest BCUT2D eigenvalue weighted by Crippen LogP contribution is -2.51. The Bertz CT molecular complexity index is 921. The molecular formula is C27H35FN2O2S. The van der Waals surface area contributed by atoms with E-state index in [2.05, 4.69) is 37.4 Å². The Morgan fingerprint density at radius 1 is 1.06 bits per heavy atom. The lowest BCUT2D eigenvalue weighted by Gasteiger charge is -2.31. The molecule has 1 fully saturated rings. The minimum absolute atomic E-state index is 0.0675. The van der Waals surface area contributed by atoms with Crippen LogP contribution in [0.3, 0.4) is 0 Å². The third kappa shape index (κ3) is 7.60. The maximum atomic E-state index is 13.4. The first-order valence-electron chi connectivity index (χ1n) is 11.8. The first-order valence-corrected chi connectivity index (χ1v) is 13.0. The van der Waals surface area contributed by atoms with Gasteiger partial charge in [-0.15, -0.1) is 11.8 Å². The predicted molar refractivity (Wildman–Crippen MR) is 134 cm³/mol. The molecule has 1 unspecified atom stereocenters. The van der Waals surface area contributed by atoms with Crippen molar-refractivity contribution < 1.29 is 14.0 Å². The zero-order chi connectivity index (χ0) is 23.8. The zero-order valence-electron chi connectivity index (χ0n) is 19.9. The average molecular weight is 471 g/mol. The van der Waals surface area contributed by atoms with Crippen LogP contribution in [0.15, 0.2) is 42.5 Å². The second-order valence-electron chi connectivity index (χ2n) is 9.05. The molecule has 6 heteroatoms. The molecule has 2 amide bonds. The van der Waals surface area contributed by atoms with Gasteiger partial charge in [-0.3, -0.25) is 9.59 Å². The number of nitrogens with one attached hydrogen (secondary N) is 1. The van der Waals surface area contributed by atoms with Crippen LogP contribution in [-0.2, 0) is 21.9 Å². The number of hydrogen-bond donors (Lipinski definition) is 1. The highest BCUT2D eigenvalue weighted by molar-refractivity contribution is 7.99. The summed E-state index contributed by atoms with van der Waals surface area (Å²) in [6.07, 6.45) is 4.80. The fraction of sp³-hybridized carbons (Fsp3) is 0.481. The summed E-state index contributed by atoms with van der Waals surface area (Å²) in [6.45, 7) is 6.38. The normalized spacial score (nSPS) is 14.8. The van der Waals surface area contributed by atoms with Gasteiger partial charge in [0.1, 0.15) is 11.9 Å². The summed E-state index contributed by atoms with van der Waals surface area (Å²) in [7, 11) is 0. The predicted octanol–water partition coefficient (Wildman–Crippen LogP) is 5.54. The largest absolute Gasteiger partial charge is 0.352 e. The fourth-order valence-electron chi connectivity index (χ4n) is 4.56. The van der Waals surface area contributed by atoms with Gasteiger partial charge in [0.2, 0.25) is 11.8 Å². The summed E-state index contributed by atoms with van der Waals surface area (Å²) in [5.74, 6) is 0.568. The van der Waals surface area contributed by atoms with Crippen molar-refractivity contribution >= 4 is 23.6 Å². The molecule has 2 aromatic carbocycles. The van der Waals surface area contributed by atoms with Crippen molar-refractivity contribution in [3.63, 3.8) is 0 Å². The summed E-state index contributed by atoms with van der Waals surface area (Å²) >= 11 is 1.56. The van der Waals surface area contributed by atoms with Gasteiger partial charge in [0, 0.05) is 18.3 Å². The number of hydrogen-bond acceptors (Lipinski definition) is 3. The molecule has 1 aliphatic carbocycles. The highest BCUT2D eigenvalue weighted by Crippen LogP contribution is 2.21. The van der Waals surface area contributed by atoms with Crippen LogP contribution < -0.4 is 5.32 Å². The Balaban J connectivity index is 1.70. The minimum Gasteiger partial charge on any atom is -0.352 e. The van der Waals surface area contributed by atoms with Gasteiger partial charge in [-0.25, -0.2) is 4.39 Å². The van der Waals surface area contributed by atoms with Crippen LogP contribution in [0.2, 0.25) is 0 Å². The Hall–Kier alpha value is -2.34. The molecule has 4 nitrogen and oxygen atoms in total. The third-order valence-electron chi connectivity index (χ3n) is 6.13. The van der Waals surface area contributed by atoms with Crippen molar-refractivity contribution in [1.29, 1.82) is 0 Å². The lowest BCUT2D eigenvalue weighted by molar-refractivity contribution is -0.139. The molecule has 0 radical (unpaired) electrons. The van der Waals surface area contributed by atoms with Crippen molar-refractivity contribution in [3.05, 3.63) is 70.5 Å². The summed E-state index contributed by atoms with van der Waals surface area (Å²) in [5, 5.41) is 3.15. The molecule has 1 saturated carbocycles. The molecule has 0 aliphatic heterocycles. The summed E-state index contributed by atoms with van der Waals surface area (Å²) in [6, 6.07) is 12.2. The van der Waals surface area contributed by atoms with E-state index in [0.717, 1.165) is 37.0 Å². The minimum atomic E-state index is -0.537. The number of aryl methyl sites for hydroxylation is 2. The van der Waals surface area contributed by atoms with Crippen molar-refractivity contribution in [2.45, 2.75) is 77.3 Å². The van der Waals surface area contributed by atoms with E-state index in [1.807, 2.05) is 6.92 Å². The Morgan fingerprint density at radius 3 is 2.30 bits per heavy atom. The van der Waals surface area contributed by atoms with Gasteiger partial charge in [-0.1, -0.05) is 61.2 Å². The van der Waals surface area contributed by atoms with Crippen LogP contribution in [0.1, 0.15) is 61.3 Å². The second-order valence-corrected chi connectivity index (χ2v) is 10.0. The molecule has 1 N–H and O–H groups in total. The van der Waals surface area contributed by atoms with E-state index < -0.39 is 6.04 Å². The molecule has 0 saturated heterocycles. The molecular weight excluding hydrogens is 435 g/mol. The van der Waals surface area contributed by atoms with Crippen molar-refractivity contribution in [2.24, 2.45) is 0 Å². The van der Waals surface area contributed by atoms with Gasteiger partial charge in [0.05, 0.1) is 5.75 Å². The van der Waals surface area contributed by atoms with Crippen LogP contribution in [-0.4, -0.2) is 34.6 Å². The number of halogens is 1. The third-order valence-corrected chi connectivity index (χ3v) is 7.12. The fourth-order valence-corrected chi connectivity index (χ4v) is 5.41. The molecule has 0 spiro atoms. The number of nitrogens with zero attached hydrogens (tertiary/aromatic N) is 1. The van der Waals surface area contributed by atoms with Crippen LogP contribution in [0, 0.1) is 19.7 Å². The molecule has 3 rings (SSSR count). The van der Waals surface area contributed by atoms with Crippen molar-refractivity contribution in [2.75, 3.05) is 5.75 Å². The van der Waals surface area contributed by atoms with Gasteiger partial charge in [0.15, 0.2) is 0 Å². The van der Waals surface area contributed by atoms with Crippen molar-refractivity contribution in [3.8, 4) is 0 Å². The molecule has 1 aliphatic rings. The van der Waals surface area contributed by atoms with E-state index in [9.17, 15) is 14.0 Å². The summed E-state index contributed by atoms with van der Waals surface area (Å²) < 4.78 is 13.4. The van der Waals surface area contributed by atoms with Gasteiger partial charge in [-0.05, 0) is 56.4 Å². The molecule has 178 valence electrons. The second kappa shape index (κ2) is 12.2. The zero-order valence-corrected chi connectivity index (χ0v) is 20.7. The number of carbonyl (C=O) groups is 2. The smallest absolute Gasteiger partial charge is 0.243 e. The quantitative estimate of drug-likeness (QED) is 0.496. The van der Waals surface area contributed by atoms with E-state index in [0.29, 0.717) is 18.7 Å². The molecule has 0 bridgehead atoms. The highest BCUT2D eigenvalue weighted by atomic mass is 32.2. The molecule has 33 heavy (non-hydrogen) atoms. The van der Waals surface area contributed by atoms with E-state index in [1.54, 1.807) is 28.8 Å². The number of amides is 2. The summed E-state index contributed by atoms with van der Waals surface area (Å²) in [4.78, 5) is 28.1. The maximum absolute atomic E-state index is 13.4. The van der Waals surface area contributed by atoms with Crippen LogP contribution in [0.25, 0.3) is 0 Å². The van der Waals surface area contributed by atoms with Gasteiger partial charge in [0.25, 0.3) is 0 Å². The summed E-state index contributed by atoms with van der Waals surface area (Å²) in [5.41, 5.74) is 4.44. The first-order chi connectivity index (χ1) is 15.9. The van der Waals surface area contributed by atoms with Gasteiger partial charge < -0.3 is 10.2 Å². The molecule has 0 aromatic heterocycles. The Labute approximate surface area is 201 Å². The standard InChI is InChI=1S/C27H35FN2O2S/c1-4-25(27(32)29-24-7-5-6-8-24)30(16-21-9-11-23(28)12-10-21)26(31)18-33-17-22-14-19(2)13-20(3)15-22/h9-15,24-25H,4-8,16-18H2,1-3H3,(H,29,32). The topological polar surface area (TPSA) is 49.4 Å². The monoisotopic (exact) mass is 470 g/mol. The van der Waals surface area contributed by atoms with Gasteiger partial charge >= 0.3 is 0 Å². The van der Waals surface area contributed by atoms with E-state index in [1.165, 1.54) is 28.8 Å². The highest BCUT2D eigenvalue weighted by Gasteiger charge is 2.30. The van der Waals surface area contributed by atoms with Gasteiger partial charge in [-0.2, -0.15) is 0 Å². The van der Waals surface area contributed by atoms with E-state index in [-0.39, 0.29) is 23.7 Å². The van der Waals surface area contributed by atoms with Crippen LogP contribution in [0.5, 0.6) is 0 Å². The SMILES string of the molecule is CCC(C(=O)NC1CCCC1)N(Cc1ccc(F)cc1)C(=O)CSCc1cc(C)cc(C)c1. The van der Waals surface area contributed by atoms with Crippen LogP contribution >= 0.6 is 11.8 Å². The number of benzene rings is 2. The molecule has 1 atom stereocenters. The Kier molecular flexibility index (Phi) is 9.36.